The van der Waals surface area contributed by atoms with E-state index in [-0.39, 0.29) is 60.0 Å². The second-order valence-corrected chi connectivity index (χ2v) is 22.2. The number of allylic oxidation sites excluding steroid dienone is 2. The van der Waals surface area contributed by atoms with Crippen LogP contribution in [-0.2, 0) is 52.2 Å². The van der Waals surface area contributed by atoms with E-state index in [4.69, 9.17) is 47.4 Å². The average Bonchev–Trinajstić information content (AvgIpc) is 3.72. The maximum absolute atomic E-state index is 13.7. The maximum atomic E-state index is 13.7. The lowest BCUT2D eigenvalue weighted by atomic mass is 9.40. The second-order valence-electron chi connectivity index (χ2n) is 22.2. The first-order chi connectivity index (χ1) is 32.0. The van der Waals surface area contributed by atoms with E-state index in [1.807, 2.05) is 6.92 Å². The van der Waals surface area contributed by atoms with Crippen molar-refractivity contribution in [3.63, 3.8) is 0 Å². The monoisotopic (exact) mass is 970 g/mol. The molecule has 68 heavy (non-hydrogen) atoms. The molecule has 26 atom stereocenters. The van der Waals surface area contributed by atoms with E-state index in [0.717, 1.165) is 37.7 Å². The SMILES string of the molecule is C=C(C)[C@H]1[C@@H]2C[C@@]3(C)C4=CC[C@H]5C(C)(C)[C@@H](O[C@@H]6OC[C@@H](O)[C@H](O)[C@H]6O[C@@H]6O[C@H](C)[C@@H](O[C@@H]7O[C@H](CO)[C@@H](O)[C@H](O[C@@H]8OC[C@@H](O)[C@H](OC)[C@H]8O)[C@H]7O)[C@H](O)[C@H]6O)CC[C@]5(C)[C@@H]4CC[C@]13C(=O)O2. The summed E-state index contributed by atoms with van der Waals surface area (Å²) in [7, 11) is 1.27. The average molecular weight is 971 g/mol. The van der Waals surface area contributed by atoms with Gasteiger partial charge in [-0.15, -0.1) is 0 Å². The third-order valence-electron chi connectivity index (χ3n) is 18.2. The number of aliphatic hydroxyl groups excluding tert-OH is 9. The summed E-state index contributed by atoms with van der Waals surface area (Å²) in [5, 5.41) is 98.5. The van der Waals surface area contributed by atoms with Crippen molar-refractivity contribution in [2.45, 2.75) is 203 Å². The first-order valence-corrected chi connectivity index (χ1v) is 24.4. The minimum Gasteiger partial charge on any atom is -0.461 e. The zero-order chi connectivity index (χ0) is 49.2. The first-order valence-electron chi connectivity index (χ1n) is 24.4. The number of fused-ring (bicyclic) bond motifs is 5. The number of ether oxygens (including phenoxy) is 10. The molecule has 4 aliphatic carbocycles. The highest BCUT2D eigenvalue weighted by Crippen LogP contribution is 2.76. The molecular formula is C48H74O20. The molecule has 0 unspecified atom stereocenters. The van der Waals surface area contributed by atoms with Crippen LogP contribution in [0, 0.1) is 39.4 Å². The molecule has 2 bridgehead atoms. The number of carbonyl (C=O) groups excluding carboxylic acids is 1. The summed E-state index contributed by atoms with van der Waals surface area (Å²) in [4.78, 5) is 13.7. The third kappa shape index (κ3) is 7.82. The van der Waals surface area contributed by atoms with Gasteiger partial charge in [0.15, 0.2) is 25.2 Å². The van der Waals surface area contributed by atoms with Gasteiger partial charge in [-0.1, -0.05) is 51.5 Å². The number of hydrogen-bond donors (Lipinski definition) is 9. The fourth-order valence-corrected chi connectivity index (χ4v) is 14.7. The molecule has 20 nitrogen and oxygen atoms in total. The number of esters is 1. The number of methoxy groups -OCH3 is 1. The van der Waals surface area contributed by atoms with E-state index in [2.05, 4.69) is 40.3 Å². The van der Waals surface area contributed by atoms with E-state index >= 15 is 0 Å². The molecule has 0 aromatic rings. The lowest BCUT2D eigenvalue weighted by molar-refractivity contribution is -0.387. The molecule has 5 saturated heterocycles. The zero-order valence-corrected chi connectivity index (χ0v) is 39.9. The molecule has 9 N–H and O–H groups in total. The van der Waals surface area contributed by atoms with Crippen molar-refractivity contribution in [1.29, 1.82) is 0 Å². The Morgan fingerprint density at radius 3 is 2.09 bits per heavy atom. The fourth-order valence-electron chi connectivity index (χ4n) is 14.7. The molecule has 5 aliphatic heterocycles. The lowest BCUT2D eigenvalue weighted by Gasteiger charge is -2.64. The van der Waals surface area contributed by atoms with Gasteiger partial charge in [0, 0.05) is 18.4 Å². The lowest BCUT2D eigenvalue weighted by Crippen LogP contribution is -2.66. The normalized spacial score (nSPS) is 54.3. The van der Waals surface area contributed by atoms with Crippen LogP contribution in [0.2, 0.25) is 0 Å². The molecule has 386 valence electrons. The molecule has 9 rings (SSSR count). The quantitative estimate of drug-likeness (QED) is 0.0914. The van der Waals surface area contributed by atoms with Crippen molar-refractivity contribution in [1.82, 2.24) is 0 Å². The molecule has 1 spiro atoms. The zero-order valence-electron chi connectivity index (χ0n) is 39.9. The summed E-state index contributed by atoms with van der Waals surface area (Å²) in [6.07, 6.45) is -20.3. The van der Waals surface area contributed by atoms with Gasteiger partial charge in [0.1, 0.15) is 85.5 Å². The number of carbonyl (C=O) groups is 1. The van der Waals surface area contributed by atoms with E-state index in [0.29, 0.717) is 6.42 Å². The maximum Gasteiger partial charge on any atom is 0.314 e. The Balaban J connectivity index is 0.871. The predicted molar refractivity (Wildman–Crippen MR) is 231 cm³/mol. The molecule has 9 aliphatic rings. The predicted octanol–water partition coefficient (Wildman–Crippen LogP) is -0.699. The Hall–Kier alpha value is -1.77. The van der Waals surface area contributed by atoms with Gasteiger partial charge >= 0.3 is 5.97 Å². The van der Waals surface area contributed by atoms with Crippen LogP contribution in [0.3, 0.4) is 0 Å². The molecule has 8 fully saturated rings. The van der Waals surface area contributed by atoms with Gasteiger partial charge in [-0.25, -0.2) is 0 Å². The molecule has 20 heteroatoms. The van der Waals surface area contributed by atoms with E-state index in [1.165, 1.54) is 19.6 Å². The molecule has 5 heterocycles. The summed E-state index contributed by atoms with van der Waals surface area (Å²) in [6.45, 7) is 15.5. The van der Waals surface area contributed by atoms with Gasteiger partial charge in [-0.05, 0) is 75.0 Å². The minimum absolute atomic E-state index is 0.00663. The summed E-state index contributed by atoms with van der Waals surface area (Å²) >= 11 is 0. The first kappa shape index (κ1) is 51.1. The highest BCUT2D eigenvalue weighted by atomic mass is 16.8. The third-order valence-corrected chi connectivity index (χ3v) is 18.2. The highest BCUT2D eigenvalue weighted by Gasteiger charge is 2.76. The van der Waals surface area contributed by atoms with Crippen LogP contribution in [0.4, 0.5) is 0 Å². The molecule has 0 amide bonds. The van der Waals surface area contributed by atoms with Gasteiger partial charge in [0.2, 0.25) is 0 Å². The fraction of sp³-hybridized carbons (Fsp3) is 0.896. The van der Waals surface area contributed by atoms with Crippen molar-refractivity contribution < 1.29 is 98.1 Å². The van der Waals surface area contributed by atoms with E-state index < -0.39 is 128 Å². The Morgan fingerprint density at radius 1 is 0.750 bits per heavy atom. The summed E-state index contributed by atoms with van der Waals surface area (Å²) in [5.74, 6) is 0.355. The standard InChI is InChI=1S/C48H74O20/c1-19(2)29-25-15-47(7)22-9-10-27-45(4,5)28(12-13-46(27,6)21(22)11-14-48(29,47)44(58)64-25)65-43-39(30(52)23(50)17-61-43)68-41-33(55)32(54)36(20(3)62-41)66-42-35(57)38(31(53)26(16-49)63-42)67-40-34(56)37(59-8)24(51)18-60-40/h9,20-21,23-43,49-57H,1,10-18H2,2-8H3/t20-,21-,23-,24-,25+,26-,27+,28+,29+,30+,31-,32-,33-,34-,35-,36-,37+,38+,39-,40+,41+,42+,43+,46-,47+,48-/m1/s1. The van der Waals surface area contributed by atoms with Crippen LogP contribution < -0.4 is 0 Å². The minimum atomic E-state index is -1.84. The highest BCUT2D eigenvalue weighted by molar-refractivity contribution is 5.84. The summed E-state index contributed by atoms with van der Waals surface area (Å²) in [6, 6.07) is 0. The van der Waals surface area contributed by atoms with Crippen molar-refractivity contribution in [2.24, 2.45) is 39.4 Å². The summed E-state index contributed by atoms with van der Waals surface area (Å²) in [5.41, 5.74) is 0.927. The van der Waals surface area contributed by atoms with Crippen LogP contribution in [0.1, 0.15) is 80.1 Å². The van der Waals surface area contributed by atoms with Gasteiger partial charge in [0.25, 0.3) is 0 Å². The van der Waals surface area contributed by atoms with Gasteiger partial charge < -0.3 is 93.3 Å². The molecular weight excluding hydrogens is 897 g/mol. The van der Waals surface area contributed by atoms with Crippen LogP contribution in [-0.4, -0.2) is 202 Å². The topological polar surface area (TPSA) is 291 Å². The van der Waals surface area contributed by atoms with Gasteiger partial charge in [0.05, 0.1) is 37.4 Å². The van der Waals surface area contributed by atoms with Crippen LogP contribution in [0.25, 0.3) is 0 Å². The van der Waals surface area contributed by atoms with Gasteiger partial charge in [-0.3, -0.25) is 4.79 Å². The van der Waals surface area contributed by atoms with Crippen LogP contribution >= 0.6 is 0 Å². The van der Waals surface area contributed by atoms with Crippen molar-refractivity contribution >= 4 is 5.97 Å². The Kier molecular flexibility index (Phi) is 14.0. The Morgan fingerprint density at radius 2 is 1.40 bits per heavy atom. The van der Waals surface area contributed by atoms with Crippen molar-refractivity contribution in [3.8, 4) is 0 Å². The Bertz CT molecular complexity index is 1900. The molecule has 0 radical (unpaired) electrons. The van der Waals surface area contributed by atoms with E-state index in [1.54, 1.807) is 0 Å². The largest absolute Gasteiger partial charge is 0.461 e. The molecule has 0 aromatic heterocycles. The number of aliphatic hydroxyl groups is 9. The second kappa shape index (κ2) is 18.6. The van der Waals surface area contributed by atoms with Crippen molar-refractivity contribution in [2.75, 3.05) is 26.9 Å². The van der Waals surface area contributed by atoms with Gasteiger partial charge in [-0.2, -0.15) is 0 Å². The molecule has 0 aromatic carbocycles. The summed E-state index contributed by atoms with van der Waals surface area (Å²) < 4.78 is 59.1. The number of rotatable bonds is 11. The number of hydrogen-bond acceptors (Lipinski definition) is 20. The Labute approximate surface area is 396 Å². The van der Waals surface area contributed by atoms with Crippen molar-refractivity contribution in [3.05, 3.63) is 23.8 Å². The smallest absolute Gasteiger partial charge is 0.314 e. The van der Waals surface area contributed by atoms with Crippen LogP contribution in [0.5, 0.6) is 0 Å². The molecule has 3 saturated carbocycles. The van der Waals surface area contributed by atoms with Crippen LogP contribution in [0.15, 0.2) is 23.8 Å². The van der Waals surface area contributed by atoms with E-state index in [9.17, 15) is 50.8 Å².